The number of rotatable bonds is 6. The van der Waals surface area contributed by atoms with Gasteiger partial charge in [-0.15, -0.1) is 0 Å². The van der Waals surface area contributed by atoms with Crippen molar-refractivity contribution in [1.29, 1.82) is 0 Å². The number of pyridine rings is 1. The van der Waals surface area contributed by atoms with Crippen LogP contribution in [0.2, 0.25) is 0 Å². The molecule has 1 amide bonds. The van der Waals surface area contributed by atoms with Crippen LogP contribution in [0, 0.1) is 0 Å². The molecule has 0 spiro atoms. The third kappa shape index (κ3) is 4.59. The number of carbonyl (C=O) groups is 1. The lowest BCUT2D eigenvalue weighted by molar-refractivity contribution is -0.161. The lowest BCUT2D eigenvalue weighted by Gasteiger charge is -2.26. The van der Waals surface area contributed by atoms with E-state index in [1.807, 2.05) is 0 Å². The fraction of sp³-hybridized carbons (Fsp3) is 0.368. The maximum atomic E-state index is 13.5. The summed E-state index contributed by atoms with van der Waals surface area (Å²) in [7, 11) is 0. The van der Waals surface area contributed by atoms with Gasteiger partial charge in [0.05, 0.1) is 18.2 Å². The van der Waals surface area contributed by atoms with Crippen molar-refractivity contribution in [2.24, 2.45) is 0 Å². The van der Waals surface area contributed by atoms with Gasteiger partial charge >= 0.3 is 6.18 Å². The molecule has 0 saturated heterocycles. The zero-order valence-corrected chi connectivity index (χ0v) is 13.6. The molecule has 2 aromatic rings. The van der Waals surface area contributed by atoms with Gasteiger partial charge in [-0.05, 0) is 30.5 Å². The van der Waals surface area contributed by atoms with E-state index < -0.39 is 24.4 Å². The summed E-state index contributed by atoms with van der Waals surface area (Å²) in [6.07, 6.45) is -1.75. The van der Waals surface area contributed by atoms with E-state index in [4.69, 9.17) is 0 Å². The summed E-state index contributed by atoms with van der Waals surface area (Å²) in [4.78, 5) is 18.4. The van der Waals surface area contributed by atoms with E-state index in [1.165, 1.54) is 12.1 Å². The molecule has 1 heterocycles. The minimum Gasteiger partial charge on any atom is -0.334 e. The number of amides is 1. The van der Waals surface area contributed by atoms with E-state index in [9.17, 15) is 18.0 Å². The van der Waals surface area contributed by atoms with E-state index in [0.29, 0.717) is 5.69 Å². The van der Waals surface area contributed by atoms with Crippen LogP contribution in [0.15, 0.2) is 54.7 Å². The average molecular weight is 348 g/mol. The number of hydrogen-bond donors (Lipinski definition) is 0. The second kappa shape index (κ2) is 7.25. The van der Waals surface area contributed by atoms with Crippen molar-refractivity contribution >= 4 is 5.91 Å². The number of benzene rings is 1. The highest BCUT2D eigenvalue weighted by atomic mass is 19.4. The molecule has 1 saturated carbocycles. The van der Waals surface area contributed by atoms with Crippen LogP contribution in [0.25, 0.3) is 0 Å². The first-order valence-electron chi connectivity index (χ1n) is 8.26. The monoisotopic (exact) mass is 348 g/mol. The molecule has 6 heteroatoms. The van der Waals surface area contributed by atoms with Gasteiger partial charge in [-0.3, -0.25) is 9.78 Å². The van der Waals surface area contributed by atoms with Crippen LogP contribution < -0.4 is 0 Å². The third-order valence-electron chi connectivity index (χ3n) is 4.34. The number of carbonyl (C=O) groups excluding carboxylic acids is 1. The molecule has 0 radical (unpaired) electrons. The number of aromatic nitrogens is 1. The number of nitrogens with zero attached hydrogens (tertiary/aromatic N) is 2. The van der Waals surface area contributed by atoms with Crippen molar-refractivity contribution in [3.05, 3.63) is 66.0 Å². The molecular weight excluding hydrogens is 329 g/mol. The van der Waals surface area contributed by atoms with Crippen LogP contribution in [0.4, 0.5) is 13.2 Å². The molecule has 1 aliphatic carbocycles. The standard InChI is InChI=1S/C19H19F3N2O/c20-19(21,22)17(14-6-2-1-3-7-14)12-18(25)24(16-9-10-16)13-15-8-4-5-11-23-15/h1-8,11,16-17H,9-10,12-13H2. The van der Waals surface area contributed by atoms with Crippen molar-refractivity contribution in [2.75, 3.05) is 0 Å². The van der Waals surface area contributed by atoms with Crippen molar-refractivity contribution < 1.29 is 18.0 Å². The second-order valence-corrected chi connectivity index (χ2v) is 6.28. The first-order chi connectivity index (χ1) is 11.9. The van der Waals surface area contributed by atoms with Crippen molar-refractivity contribution in [3.8, 4) is 0 Å². The van der Waals surface area contributed by atoms with E-state index >= 15 is 0 Å². The quantitative estimate of drug-likeness (QED) is 0.779. The Bertz CT molecular complexity index is 700. The maximum Gasteiger partial charge on any atom is 0.396 e. The van der Waals surface area contributed by atoms with Gasteiger partial charge in [0.1, 0.15) is 0 Å². The Balaban J connectivity index is 1.77. The number of alkyl halides is 3. The Morgan fingerprint density at radius 1 is 1.12 bits per heavy atom. The van der Waals surface area contributed by atoms with Gasteiger partial charge in [0, 0.05) is 18.7 Å². The Morgan fingerprint density at radius 3 is 2.36 bits per heavy atom. The average Bonchev–Trinajstić information content (AvgIpc) is 3.43. The molecule has 0 N–H and O–H groups in total. The van der Waals surface area contributed by atoms with Gasteiger partial charge in [0.25, 0.3) is 0 Å². The largest absolute Gasteiger partial charge is 0.396 e. The topological polar surface area (TPSA) is 33.2 Å². The Morgan fingerprint density at radius 2 is 1.80 bits per heavy atom. The molecule has 25 heavy (non-hydrogen) atoms. The van der Waals surface area contributed by atoms with Crippen LogP contribution in [-0.4, -0.2) is 28.0 Å². The minimum absolute atomic E-state index is 0.0270. The van der Waals surface area contributed by atoms with E-state index in [2.05, 4.69) is 4.98 Å². The van der Waals surface area contributed by atoms with Crippen LogP contribution in [0.1, 0.15) is 36.4 Å². The van der Waals surface area contributed by atoms with E-state index in [1.54, 1.807) is 47.5 Å². The molecule has 132 valence electrons. The predicted molar refractivity (Wildman–Crippen MR) is 87.7 cm³/mol. The summed E-state index contributed by atoms with van der Waals surface area (Å²) in [6, 6.07) is 13.0. The summed E-state index contributed by atoms with van der Waals surface area (Å²) in [6.45, 7) is 0.254. The molecule has 1 aromatic carbocycles. The first kappa shape index (κ1) is 17.5. The van der Waals surface area contributed by atoms with Crippen LogP contribution in [0.3, 0.4) is 0 Å². The summed E-state index contributed by atoms with van der Waals surface area (Å²) in [5.41, 5.74) is 0.808. The summed E-state index contributed by atoms with van der Waals surface area (Å²) >= 11 is 0. The fourth-order valence-corrected chi connectivity index (χ4v) is 2.87. The molecule has 0 aliphatic heterocycles. The third-order valence-corrected chi connectivity index (χ3v) is 4.34. The van der Waals surface area contributed by atoms with Crippen LogP contribution in [-0.2, 0) is 11.3 Å². The Kier molecular flexibility index (Phi) is 5.06. The lowest BCUT2D eigenvalue weighted by atomic mass is 9.94. The van der Waals surface area contributed by atoms with E-state index in [-0.39, 0.29) is 18.2 Å². The van der Waals surface area contributed by atoms with Crippen molar-refractivity contribution in [3.63, 3.8) is 0 Å². The number of halogens is 3. The highest BCUT2D eigenvalue weighted by Crippen LogP contribution is 2.39. The minimum atomic E-state index is -4.46. The highest BCUT2D eigenvalue weighted by Gasteiger charge is 2.44. The summed E-state index contributed by atoms with van der Waals surface area (Å²) in [5.74, 6) is -2.26. The predicted octanol–water partition coefficient (Wildman–Crippen LogP) is 4.31. The van der Waals surface area contributed by atoms with Gasteiger partial charge < -0.3 is 4.90 Å². The Labute approximate surface area is 144 Å². The van der Waals surface area contributed by atoms with Crippen molar-refractivity contribution in [2.45, 2.75) is 43.9 Å². The van der Waals surface area contributed by atoms with Gasteiger partial charge in [-0.2, -0.15) is 13.2 Å². The zero-order valence-electron chi connectivity index (χ0n) is 13.6. The molecule has 1 aliphatic rings. The highest BCUT2D eigenvalue weighted by molar-refractivity contribution is 5.78. The molecule has 1 unspecified atom stereocenters. The Hall–Kier alpha value is -2.37. The van der Waals surface area contributed by atoms with E-state index in [0.717, 1.165) is 12.8 Å². The SMILES string of the molecule is O=C(CC(c1ccccc1)C(F)(F)F)N(Cc1ccccn1)C1CC1. The van der Waals surface area contributed by atoms with Crippen LogP contribution in [0.5, 0.6) is 0 Å². The van der Waals surface area contributed by atoms with Crippen molar-refractivity contribution in [1.82, 2.24) is 9.88 Å². The molecule has 1 aromatic heterocycles. The van der Waals surface area contributed by atoms with Gasteiger partial charge in [0.15, 0.2) is 0 Å². The molecule has 0 bridgehead atoms. The normalized spacial score (nSPS) is 15.6. The maximum absolute atomic E-state index is 13.5. The molecule has 3 nitrogen and oxygen atoms in total. The second-order valence-electron chi connectivity index (χ2n) is 6.28. The number of hydrogen-bond acceptors (Lipinski definition) is 2. The molecule has 3 rings (SSSR count). The lowest BCUT2D eigenvalue weighted by Crippen LogP contribution is -2.36. The fourth-order valence-electron chi connectivity index (χ4n) is 2.87. The first-order valence-corrected chi connectivity index (χ1v) is 8.26. The molecular formula is C19H19F3N2O. The van der Waals surface area contributed by atoms with Gasteiger partial charge in [0.2, 0.25) is 5.91 Å². The summed E-state index contributed by atoms with van der Waals surface area (Å²) < 4.78 is 40.5. The molecule has 1 fully saturated rings. The smallest absolute Gasteiger partial charge is 0.334 e. The molecule has 1 atom stereocenters. The summed E-state index contributed by atoms with van der Waals surface area (Å²) in [5, 5.41) is 0. The van der Waals surface area contributed by atoms with Crippen LogP contribution >= 0.6 is 0 Å². The van der Waals surface area contributed by atoms with Gasteiger partial charge in [-0.25, -0.2) is 0 Å². The van der Waals surface area contributed by atoms with Gasteiger partial charge in [-0.1, -0.05) is 36.4 Å². The zero-order chi connectivity index (χ0) is 17.9.